The van der Waals surface area contributed by atoms with E-state index in [0.29, 0.717) is 10.9 Å². The highest BCUT2D eigenvalue weighted by Crippen LogP contribution is 2.27. The van der Waals surface area contributed by atoms with Crippen LogP contribution in [-0.2, 0) is 6.42 Å². The Labute approximate surface area is 118 Å². The summed E-state index contributed by atoms with van der Waals surface area (Å²) in [6.07, 6.45) is 2.44. The number of benzene rings is 1. The summed E-state index contributed by atoms with van der Waals surface area (Å²) in [5.74, 6) is -0.717. The first-order valence-electron chi connectivity index (χ1n) is 6.34. The summed E-state index contributed by atoms with van der Waals surface area (Å²) in [6, 6.07) is 3.79. The molecule has 0 atom stereocenters. The largest absolute Gasteiger partial charge is 0.217 e. The molecule has 3 aromatic rings. The molecule has 20 heavy (non-hydrogen) atoms. The van der Waals surface area contributed by atoms with E-state index >= 15 is 0 Å². The average molecular weight is 293 g/mol. The molecule has 0 spiro atoms. The smallest absolute Gasteiger partial charge is 0.212 e. The molecule has 104 valence electrons. The van der Waals surface area contributed by atoms with E-state index in [0.717, 1.165) is 11.4 Å². The van der Waals surface area contributed by atoms with Gasteiger partial charge < -0.3 is 0 Å². The molecule has 2 heterocycles. The van der Waals surface area contributed by atoms with Gasteiger partial charge in [-0.05, 0) is 18.1 Å². The first kappa shape index (κ1) is 13.2. The van der Waals surface area contributed by atoms with Crippen LogP contribution in [-0.4, -0.2) is 14.6 Å². The van der Waals surface area contributed by atoms with Gasteiger partial charge in [0.1, 0.15) is 16.6 Å². The van der Waals surface area contributed by atoms with Gasteiger partial charge in [0, 0.05) is 6.42 Å². The fraction of sp³-hybridized carbons (Fsp3) is 0.286. The Balaban J connectivity index is 2.04. The lowest BCUT2D eigenvalue weighted by atomic mass is 10.1. The quantitative estimate of drug-likeness (QED) is 0.732. The standard InChI is InChI=1S/C14H13F2N3S/c1-8(2)6-12-18-19-7-11(17-14(19)20-12)13-9(15)4-3-5-10(13)16/h3-5,7-8H,6H2,1-2H3. The van der Waals surface area contributed by atoms with Gasteiger partial charge in [0.2, 0.25) is 4.96 Å². The Kier molecular flexibility index (Phi) is 3.25. The normalized spacial score (nSPS) is 11.7. The third kappa shape index (κ3) is 2.31. The van der Waals surface area contributed by atoms with Crippen molar-refractivity contribution >= 4 is 16.3 Å². The SMILES string of the molecule is CC(C)Cc1nn2cc(-c3c(F)cccc3F)nc2s1. The van der Waals surface area contributed by atoms with Crippen LogP contribution in [0.4, 0.5) is 8.78 Å². The number of halogens is 2. The minimum absolute atomic E-state index is 0.101. The maximum atomic E-state index is 13.7. The van der Waals surface area contributed by atoms with Crippen LogP contribution < -0.4 is 0 Å². The van der Waals surface area contributed by atoms with Crippen molar-refractivity contribution in [3.05, 3.63) is 41.0 Å². The Hall–Kier alpha value is -1.82. The molecule has 3 rings (SSSR count). The Morgan fingerprint density at radius 2 is 1.95 bits per heavy atom. The molecule has 0 N–H and O–H groups in total. The lowest BCUT2D eigenvalue weighted by Crippen LogP contribution is -1.94. The van der Waals surface area contributed by atoms with Gasteiger partial charge in [-0.3, -0.25) is 0 Å². The van der Waals surface area contributed by atoms with E-state index in [1.54, 1.807) is 10.7 Å². The molecule has 0 fully saturated rings. The molecule has 0 saturated heterocycles. The third-order valence-electron chi connectivity index (χ3n) is 2.89. The van der Waals surface area contributed by atoms with Crippen molar-refractivity contribution in [3.63, 3.8) is 0 Å². The van der Waals surface area contributed by atoms with Gasteiger partial charge in [-0.15, -0.1) is 0 Å². The molecular formula is C14H13F2N3S. The van der Waals surface area contributed by atoms with E-state index in [2.05, 4.69) is 23.9 Å². The molecule has 1 aromatic carbocycles. The van der Waals surface area contributed by atoms with Crippen molar-refractivity contribution < 1.29 is 8.78 Å². The first-order chi connectivity index (χ1) is 9.54. The minimum Gasteiger partial charge on any atom is -0.217 e. The zero-order valence-corrected chi connectivity index (χ0v) is 11.9. The number of hydrogen-bond acceptors (Lipinski definition) is 3. The molecule has 2 aromatic heterocycles. The number of imidazole rings is 1. The van der Waals surface area contributed by atoms with E-state index in [-0.39, 0.29) is 11.3 Å². The molecule has 0 unspecified atom stereocenters. The van der Waals surface area contributed by atoms with Crippen LogP contribution in [0.15, 0.2) is 24.4 Å². The minimum atomic E-state index is -0.613. The van der Waals surface area contributed by atoms with Crippen molar-refractivity contribution in [2.45, 2.75) is 20.3 Å². The maximum Gasteiger partial charge on any atom is 0.212 e. The van der Waals surface area contributed by atoms with E-state index in [9.17, 15) is 8.78 Å². The zero-order valence-electron chi connectivity index (χ0n) is 11.1. The lowest BCUT2D eigenvalue weighted by molar-refractivity contribution is 0.589. The topological polar surface area (TPSA) is 30.2 Å². The molecule has 0 radical (unpaired) electrons. The van der Waals surface area contributed by atoms with Crippen molar-refractivity contribution in [1.29, 1.82) is 0 Å². The molecule has 0 amide bonds. The number of aromatic nitrogens is 3. The predicted octanol–water partition coefficient (Wildman–Crippen LogP) is 3.93. The summed E-state index contributed by atoms with van der Waals surface area (Å²) in [6.45, 7) is 4.23. The van der Waals surface area contributed by atoms with E-state index < -0.39 is 11.6 Å². The van der Waals surface area contributed by atoms with Crippen molar-refractivity contribution in [1.82, 2.24) is 14.6 Å². The molecule has 3 nitrogen and oxygen atoms in total. The summed E-state index contributed by atoms with van der Waals surface area (Å²) in [7, 11) is 0. The van der Waals surface area contributed by atoms with Gasteiger partial charge in [-0.1, -0.05) is 31.3 Å². The van der Waals surface area contributed by atoms with Crippen LogP contribution in [0.5, 0.6) is 0 Å². The number of hydrogen-bond donors (Lipinski definition) is 0. The average Bonchev–Trinajstić information content (AvgIpc) is 2.85. The summed E-state index contributed by atoms with van der Waals surface area (Å²) in [4.78, 5) is 4.92. The highest BCUT2D eigenvalue weighted by molar-refractivity contribution is 7.16. The Morgan fingerprint density at radius 3 is 2.55 bits per heavy atom. The molecule has 0 aliphatic rings. The molecule has 0 bridgehead atoms. The second kappa shape index (κ2) is 4.94. The summed E-state index contributed by atoms with van der Waals surface area (Å²) >= 11 is 1.45. The monoisotopic (exact) mass is 293 g/mol. The fourth-order valence-electron chi connectivity index (χ4n) is 2.04. The maximum absolute atomic E-state index is 13.7. The number of nitrogens with zero attached hydrogens (tertiary/aromatic N) is 3. The van der Waals surface area contributed by atoms with Crippen LogP contribution in [0, 0.1) is 17.6 Å². The van der Waals surface area contributed by atoms with Crippen LogP contribution in [0.2, 0.25) is 0 Å². The van der Waals surface area contributed by atoms with Gasteiger partial charge in [0.25, 0.3) is 0 Å². The van der Waals surface area contributed by atoms with Crippen molar-refractivity contribution in [2.75, 3.05) is 0 Å². The fourth-order valence-corrected chi connectivity index (χ4v) is 3.12. The van der Waals surface area contributed by atoms with Gasteiger partial charge in [0.15, 0.2) is 0 Å². The second-order valence-corrected chi connectivity index (χ2v) is 6.08. The highest BCUT2D eigenvalue weighted by Gasteiger charge is 2.16. The van der Waals surface area contributed by atoms with E-state index in [4.69, 9.17) is 0 Å². The van der Waals surface area contributed by atoms with Crippen LogP contribution in [0.3, 0.4) is 0 Å². The molecule has 0 saturated carbocycles. The first-order valence-corrected chi connectivity index (χ1v) is 7.15. The van der Waals surface area contributed by atoms with Crippen molar-refractivity contribution in [3.8, 4) is 11.3 Å². The van der Waals surface area contributed by atoms with Crippen LogP contribution in [0.1, 0.15) is 18.9 Å². The summed E-state index contributed by atoms with van der Waals surface area (Å²) in [5, 5.41) is 5.36. The number of rotatable bonds is 3. The van der Waals surface area contributed by atoms with Crippen LogP contribution >= 0.6 is 11.3 Å². The Morgan fingerprint density at radius 1 is 1.25 bits per heavy atom. The molecule has 6 heteroatoms. The summed E-state index contributed by atoms with van der Waals surface area (Å²) < 4.78 is 29.0. The molecular weight excluding hydrogens is 280 g/mol. The predicted molar refractivity (Wildman–Crippen MR) is 74.8 cm³/mol. The van der Waals surface area contributed by atoms with Crippen LogP contribution in [0.25, 0.3) is 16.2 Å². The van der Waals surface area contributed by atoms with Gasteiger partial charge in [0.05, 0.1) is 17.5 Å². The van der Waals surface area contributed by atoms with Gasteiger partial charge in [-0.25, -0.2) is 18.3 Å². The van der Waals surface area contributed by atoms with Gasteiger partial charge >= 0.3 is 0 Å². The lowest BCUT2D eigenvalue weighted by Gasteiger charge is -2.00. The Bertz CT molecular complexity index is 709. The van der Waals surface area contributed by atoms with Gasteiger partial charge in [-0.2, -0.15) is 5.10 Å². The molecule has 0 aliphatic carbocycles. The van der Waals surface area contributed by atoms with Crippen molar-refractivity contribution in [2.24, 2.45) is 5.92 Å². The second-order valence-electron chi connectivity index (χ2n) is 5.04. The zero-order chi connectivity index (χ0) is 14.3. The summed E-state index contributed by atoms with van der Waals surface area (Å²) in [5.41, 5.74) is 0.172. The molecule has 0 aliphatic heterocycles. The highest BCUT2D eigenvalue weighted by atomic mass is 32.1. The van der Waals surface area contributed by atoms with E-state index in [1.807, 2.05) is 0 Å². The number of fused-ring (bicyclic) bond motifs is 1. The third-order valence-corrected chi connectivity index (χ3v) is 3.83. The van der Waals surface area contributed by atoms with E-state index in [1.165, 1.54) is 29.5 Å².